The highest BCUT2D eigenvalue weighted by molar-refractivity contribution is 5.85. The van der Waals surface area contributed by atoms with Crippen LogP contribution in [0.4, 0.5) is 4.39 Å². The van der Waals surface area contributed by atoms with Crippen LogP contribution in [0.15, 0.2) is 36.4 Å². The Kier molecular flexibility index (Phi) is 3.15. The fraction of sp³-hybridized carbons (Fsp3) is 0.308. The van der Waals surface area contributed by atoms with E-state index < -0.39 is 0 Å². The van der Waals surface area contributed by atoms with E-state index in [1.807, 2.05) is 12.2 Å². The summed E-state index contributed by atoms with van der Waals surface area (Å²) in [5, 5.41) is 0. The zero-order valence-electron chi connectivity index (χ0n) is 8.90. The Morgan fingerprint density at radius 1 is 1.44 bits per heavy atom. The van der Waals surface area contributed by atoms with Crippen LogP contribution in [0.1, 0.15) is 12.0 Å². The summed E-state index contributed by atoms with van der Waals surface area (Å²) in [5.41, 5.74) is 6.40. The first kappa shape index (κ1) is 11.0. The summed E-state index contributed by atoms with van der Waals surface area (Å²) in [6.07, 6.45) is 4.66. The molecule has 0 radical (unpaired) electrons. The summed E-state index contributed by atoms with van der Waals surface area (Å²) < 4.78 is 12.9. The van der Waals surface area contributed by atoms with Gasteiger partial charge in [0.15, 0.2) is 0 Å². The maximum atomic E-state index is 12.9. The second-order valence-corrected chi connectivity index (χ2v) is 4.16. The van der Waals surface area contributed by atoms with Crippen molar-refractivity contribution in [1.82, 2.24) is 0 Å². The molecule has 0 amide bonds. The number of allylic oxidation sites excluding steroid dienone is 1. The number of hydrogen-bond acceptors (Lipinski definition) is 2. The van der Waals surface area contributed by atoms with Crippen molar-refractivity contribution in [3.8, 4) is 0 Å². The third-order valence-corrected chi connectivity index (χ3v) is 2.80. The fourth-order valence-corrected chi connectivity index (χ4v) is 1.95. The van der Waals surface area contributed by atoms with Gasteiger partial charge in [0.05, 0.1) is 0 Å². The summed E-state index contributed by atoms with van der Waals surface area (Å²) in [5.74, 6) is -0.294. The quantitative estimate of drug-likeness (QED) is 0.788. The molecule has 16 heavy (non-hydrogen) atoms. The van der Waals surface area contributed by atoms with E-state index in [0.717, 1.165) is 5.56 Å². The smallest absolute Gasteiger partial charge is 0.144 e. The molecular weight excluding hydrogens is 205 g/mol. The number of benzene rings is 1. The Labute approximate surface area is 94.0 Å². The molecule has 2 atom stereocenters. The first-order valence-electron chi connectivity index (χ1n) is 5.36. The lowest BCUT2D eigenvalue weighted by atomic mass is 9.97. The number of hydrogen-bond donors (Lipinski definition) is 1. The van der Waals surface area contributed by atoms with Crippen LogP contribution >= 0.6 is 0 Å². The van der Waals surface area contributed by atoms with Gasteiger partial charge in [-0.25, -0.2) is 4.39 Å². The molecule has 2 N–H and O–H groups in total. The number of carbonyl (C=O) groups excluding carboxylic acids is 1. The highest BCUT2D eigenvalue weighted by Crippen LogP contribution is 2.19. The maximum Gasteiger partial charge on any atom is 0.144 e. The molecule has 2 rings (SSSR count). The Morgan fingerprint density at radius 3 is 2.88 bits per heavy atom. The third-order valence-electron chi connectivity index (χ3n) is 2.80. The van der Waals surface area contributed by atoms with Crippen molar-refractivity contribution in [3.63, 3.8) is 0 Å². The van der Waals surface area contributed by atoms with Crippen LogP contribution in [0.25, 0.3) is 0 Å². The van der Waals surface area contributed by atoms with Crippen LogP contribution in [0.3, 0.4) is 0 Å². The second-order valence-electron chi connectivity index (χ2n) is 4.16. The molecule has 1 aromatic rings. The van der Waals surface area contributed by atoms with Crippen LogP contribution in [0.2, 0.25) is 0 Å². The molecule has 3 heteroatoms. The molecule has 0 fully saturated rings. The summed E-state index contributed by atoms with van der Waals surface area (Å²) in [6, 6.07) is 6.14. The number of halogens is 1. The topological polar surface area (TPSA) is 43.1 Å². The molecule has 1 aliphatic carbocycles. The van der Waals surface area contributed by atoms with E-state index in [2.05, 4.69) is 0 Å². The Hall–Kier alpha value is -1.48. The van der Waals surface area contributed by atoms with Gasteiger partial charge in [-0.2, -0.15) is 0 Å². The summed E-state index contributed by atoms with van der Waals surface area (Å²) in [6.45, 7) is 0. The zero-order valence-corrected chi connectivity index (χ0v) is 8.90. The van der Waals surface area contributed by atoms with Gasteiger partial charge in [-0.15, -0.1) is 0 Å². The maximum absolute atomic E-state index is 12.9. The van der Waals surface area contributed by atoms with Crippen molar-refractivity contribution in [2.45, 2.75) is 18.9 Å². The third kappa shape index (κ3) is 2.55. The minimum Gasteiger partial charge on any atom is -0.324 e. The molecule has 84 valence electrons. The largest absolute Gasteiger partial charge is 0.324 e. The molecular formula is C13H14FNO. The van der Waals surface area contributed by atoms with Crippen molar-refractivity contribution in [1.29, 1.82) is 0 Å². The van der Waals surface area contributed by atoms with Crippen molar-refractivity contribution in [2.75, 3.05) is 0 Å². The molecule has 1 aromatic carbocycles. The number of ketones is 1. The molecule has 0 aromatic heterocycles. The van der Waals surface area contributed by atoms with E-state index in [0.29, 0.717) is 6.42 Å². The first-order valence-corrected chi connectivity index (χ1v) is 5.36. The van der Waals surface area contributed by atoms with Gasteiger partial charge in [-0.1, -0.05) is 24.3 Å². The fourth-order valence-electron chi connectivity index (χ4n) is 1.95. The van der Waals surface area contributed by atoms with Gasteiger partial charge in [-0.05, 0) is 24.1 Å². The Bertz CT molecular complexity index is 428. The van der Waals surface area contributed by atoms with E-state index in [1.165, 1.54) is 12.1 Å². The van der Waals surface area contributed by atoms with Crippen molar-refractivity contribution < 1.29 is 9.18 Å². The number of Topliss-reactive ketones (excluding diaryl/α,β-unsaturated/α-hetero) is 1. The van der Waals surface area contributed by atoms with Crippen LogP contribution in [-0.4, -0.2) is 11.8 Å². The van der Waals surface area contributed by atoms with Gasteiger partial charge in [0.25, 0.3) is 0 Å². The molecule has 0 heterocycles. The molecule has 2 unspecified atom stereocenters. The van der Waals surface area contributed by atoms with E-state index >= 15 is 0 Å². The molecule has 0 spiro atoms. The number of carbonyl (C=O) groups is 1. The van der Waals surface area contributed by atoms with Gasteiger partial charge in [0, 0.05) is 18.4 Å². The van der Waals surface area contributed by atoms with Gasteiger partial charge in [0.2, 0.25) is 0 Å². The first-order chi connectivity index (χ1) is 7.65. The zero-order chi connectivity index (χ0) is 11.5. The summed E-state index contributed by atoms with van der Waals surface area (Å²) >= 11 is 0. The SMILES string of the molecule is NC1C=CC(C(=O)Cc2cccc(F)c2)C1. The standard InChI is InChI=1S/C13H14FNO/c14-11-3-1-2-9(6-11)7-13(16)10-4-5-12(15)8-10/h1-6,10,12H,7-8,15H2. The van der Waals surface area contributed by atoms with Gasteiger partial charge in [-0.3, -0.25) is 4.79 Å². The number of nitrogens with two attached hydrogens (primary N) is 1. The number of rotatable bonds is 3. The summed E-state index contributed by atoms with van der Waals surface area (Å²) in [7, 11) is 0. The van der Waals surface area contributed by atoms with E-state index in [4.69, 9.17) is 5.73 Å². The molecule has 1 aliphatic rings. The van der Waals surface area contributed by atoms with E-state index in [-0.39, 0.29) is 30.0 Å². The van der Waals surface area contributed by atoms with Gasteiger partial charge < -0.3 is 5.73 Å². The Balaban J connectivity index is 2.00. The lowest BCUT2D eigenvalue weighted by Crippen LogP contribution is -2.20. The average Bonchev–Trinajstić information content (AvgIpc) is 2.65. The van der Waals surface area contributed by atoms with Gasteiger partial charge >= 0.3 is 0 Å². The van der Waals surface area contributed by atoms with Crippen LogP contribution in [0, 0.1) is 11.7 Å². The minimum atomic E-state index is -0.302. The monoisotopic (exact) mass is 219 g/mol. The van der Waals surface area contributed by atoms with Crippen LogP contribution in [0.5, 0.6) is 0 Å². The molecule has 0 bridgehead atoms. The normalized spacial score (nSPS) is 23.6. The van der Waals surface area contributed by atoms with Crippen molar-refractivity contribution in [3.05, 3.63) is 47.8 Å². The lowest BCUT2D eigenvalue weighted by Gasteiger charge is -2.08. The highest BCUT2D eigenvalue weighted by Gasteiger charge is 2.22. The summed E-state index contributed by atoms with van der Waals surface area (Å²) in [4.78, 5) is 11.8. The predicted molar refractivity (Wildman–Crippen MR) is 60.3 cm³/mol. The van der Waals surface area contributed by atoms with Gasteiger partial charge in [0.1, 0.15) is 11.6 Å². The average molecular weight is 219 g/mol. The van der Waals surface area contributed by atoms with Crippen LogP contribution < -0.4 is 5.73 Å². The minimum absolute atomic E-state index is 0.0125. The van der Waals surface area contributed by atoms with Crippen LogP contribution in [-0.2, 0) is 11.2 Å². The predicted octanol–water partition coefficient (Wildman–Crippen LogP) is 1.84. The molecule has 0 saturated carbocycles. The van der Waals surface area contributed by atoms with E-state index in [1.54, 1.807) is 12.1 Å². The molecule has 0 saturated heterocycles. The Morgan fingerprint density at radius 2 is 2.25 bits per heavy atom. The van der Waals surface area contributed by atoms with Crippen molar-refractivity contribution in [2.24, 2.45) is 11.7 Å². The molecule has 0 aliphatic heterocycles. The highest BCUT2D eigenvalue weighted by atomic mass is 19.1. The molecule has 2 nitrogen and oxygen atoms in total. The van der Waals surface area contributed by atoms with Crippen molar-refractivity contribution >= 4 is 5.78 Å². The van der Waals surface area contributed by atoms with E-state index in [9.17, 15) is 9.18 Å². The lowest BCUT2D eigenvalue weighted by molar-refractivity contribution is -0.120. The second kappa shape index (κ2) is 4.58.